The van der Waals surface area contributed by atoms with Crippen molar-refractivity contribution in [2.24, 2.45) is 5.92 Å². The van der Waals surface area contributed by atoms with Crippen molar-refractivity contribution in [2.75, 3.05) is 39.9 Å². The summed E-state index contributed by atoms with van der Waals surface area (Å²) in [4.78, 5) is 27.2. The number of carbonyl (C=O) groups excluding carboxylic acids is 2. The van der Waals surface area contributed by atoms with Gasteiger partial charge in [-0.25, -0.2) is 4.79 Å². The largest absolute Gasteiger partial charge is 0.453 e. The number of halogens is 1. The van der Waals surface area contributed by atoms with Crippen LogP contribution < -0.4 is 10.6 Å². The molecule has 1 aliphatic rings. The van der Waals surface area contributed by atoms with E-state index in [1.807, 2.05) is 59.5 Å². The SMILES string of the molecule is CCc1cccc(-c2c(Cl)cccc2C(O)(CCCNC(=O)OC)C2CCCN(C(=O)c3ccc(CNCCO)cc3)C2)c1. The maximum atomic E-state index is 13.7. The zero-order valence-electron chi connectivity index (χ0n) is 25.7. The van der Waals surface area contributed by atoms with Crippen molar-refractivity contribution < 1.29 is 24.5 Å². The number of likely N-dealkylation sites (tertiary alicyclic amines) is 1. The molecule has 2 amide bonds. The second kappa shape index (κ2) is 16.0. The zero-order valence-corrected chi connectivity index (χ0v) is 26.4. The molecular formula is C35H44ClN3O5. The lowest BCUT2D eigenvalue weighted by Crippen LogP contribution is -2.48. The molecule has 9 heteroatoms. The molecule has 0 bridgehead atoms. The Kier molecular flexibility index (Phi) is 12.2. The van der Waals surface area contributed by atoms with Crippen molar-refractivity contribution in [1.29, 1.82) is 0 Å². The van der Waals surface area contributed by atoms with Gasteiger partial charge in [0, 0.05) is 54.8 Å². The third-order valence-corrected chi connectivity index (χ3v) is 8.81. The Balaban J connectivity index is 1.64. The van der Waals surface area contributed by atoms with Gasteiger partial charge >= 0.3 is 6.09 Å². The first-order chi connectivity index (χ1) is 21.3. The van der Waals surface area contributed by atoms with Crippen LogP contribution in [0.4, 0.5) is 4.79 Å². The average Bonchev–Trinajstić information content (AvgIpc) is 3.06. The van der Waals surface area contributed by atoms with E-state index in [-0.39, 0.29) is 18.4 Å². The van der Waals surface area contributed by atoms with Gasteiger partial charge in [0.15, 0.2) is 0 Å². The van der Waals surface area contributed by atoms with E-state index in [2.05, 4.69) is 29.7 Å². The first-order valence-electron chi connectivity index (χ1n) is 15.4. The standard InChI is InChI=1S/C35H44ClN3O5/c1-3-25-8-4-9-28(22-25)32-30(11-5-12-31(32)36)35(43,17-7-18-38-34(42)44-2)29-10-6-20-39(24-29)33(41)27-15-13-26(14-16-27)23-37-19-21-40/h4-5,8-9,11-16,22,29,37,40,43H,3,6-7,10,17-21,23-24H2,1-2H3,(H,38,42). The molecule has 4 rings (SSSR count). The molecule has 1 saturated heterocycles. The predicted octanol–water partition coefficient (Wildman–Crippen LogP) is 5.53. The van der Waals surface area contributed by atoms with Crippen molar-refractivity contribution in [1.82, 2.24) is 15.5 Å². The van der Waals surface area contributed by atoms with Gasteiger partial charge in [-0.3, -0.25) is 4.79 Å². The Labute approximate surface area is 265 Å². The minimum Gasteiger partial charge on any atom is -0.453 e. The van der Waals surface area contributed by atoms with Crippen LogP contribution in [0.1, 0.15) is 59.7 Å². The van der Waals surface area contributed by atoms with Crippen molar-refractivity contribution in [2.45, 2.75) is 51.2 Å². The number of hydrogen-bond acceptors (Lipinski definition) is 6. The molecule has 0 aliphatic carbocycles. The normalized spacial score (nSPS) is 16.3. The predicted molar refractivity (Wildman–Crippen MR) is 174 cm³/mol. The molecule has 44 heavy (non-hydrogen) atoms. The van der Waals surface area contributed by atoms with Crippen LogP contribution in [0.3, 0.4) is 0 Å². The van der Waals surface area contributed by atoms with E-state index in [1.165, 1.54) is 12.7 Å². The first kappa shape index (κ1) is 33.5. The van der Waals surface area contributed by atoms with Crippen LogP contribution >= 0.6 is 11.6 Å². The van der Waals surface area contributed by atoms with Crippen LogP contribution in [-0.4, -0.2) is 67.0 Å². The van der Waals surface area contributed by atoms with Gasteiger partial charge in [0.1, 0.15) is 0 Å². The Bertz CT molecular complexity index is 1400. The molecule has 4 N–H and O–H groups in total. The fraction of sp³-hybridized carbons (Fsp3) is 0.429. The summed E-state index contributed by atoms with van der Waals surface area (Å²) in [6.07, 6.45) is 2.71. The highest BCUT2D eigenvalue weighted by molar-refractivity contribution is 6.33. The minimum absolute atomic E-state index is 0.0683. The Hall–Kier alpha value is -3.43. The lowest BCUT2D eigenvalue weighted by molar-refractivity contribution is -0.0563. The second-order valence-electron chi connectivity index (χ2n) is 11.4. The van der Waals surface area contributed by atoms with Gasteiger partial charge in [-0.15, -0.1) is 0 Å². The van der Waals surface area contributed by atoms with E-state index in [1.54, 1.807) is 0 Å². The topological polar surface area (TPSA) is 111 Å². The number of methoxy groups -OCH3 is 1. The van der Waals surface area contributed by atoms with E-state index in [0.717, 1.165) is 41.5 Å². The van der Waals surface area contributed by atoms with Gasteiger partial charge in [0.2, 0.25) is 0 Å². The molecule has 0 saturated carbocycles. The summed E-state index contributed by atoms with van der Waals surface area (Å²) in [5.74, 6) is -0.326. The number of carbonyl (C=O) groups is 2. The van der Waals surface area contributed by atoms with E-state index < -0.39 is 11.7 Å². The van der Waals surface area contributed by atoms with Crippen molar-refractivity contribution in [3.63, 3.8) is 0 Å². The number of hydrogen-bond donors (Lipinski definition) is 4. The third kappa shape index (κ3) is 8.18. The first-order valence-corrected chi connectivity index (χ1v) is 15.8. The van der Waals surface area contributed by atoms with Crippen molar-refractivity contribution in [3.05, 3.63) is 94.0 Å². The number of nitrogens with one attached hydrogen (secondary N) is 2. The van der Waals surface area contributed by atoms with Gasteiger partial charge in [-0.1, -0.05) is 67.1 Å². The van der Waals surface area contributed by atoms with Crippen LogP contribution in [0.2, 0.25) is 5.02 Å². The number of aryl methyl sites for hydroxylation is 1. The fourth-order valence-electron chi connectivity index (χ4n) is 6.12. The smallest absolute Gasteiger partial charge is 0.406 e. The Morgan fingerprint density at radius 3 is 2.57 bits per heavy atom. The number of aliphatic hydroxyl groups is 2. The molecule has 0 spiro atoms. The van der Waals surface area contributed by atoms with E-state index in [9.17, 15) is 14.7 Å². The van der Waals surface area contributed by atoms with Crippen molar-refractivity contribution in [3.8, 4) is 11.1 Å². The highest BCUT2D eigenvalue weighted by Crippen LogP contribution is 2.45. The summed E-state index contributed by atoms with van der Waals surface area (Å²) < 4.78 is 4.72. The summed E-state index contributed by atoms with van der Waals surface area (Å²) in [5.41, 5.74) is 3.94. The number of piperidine rings is 1. The van der Waals surface area contributed by atoms with Gasteiger partial charge in [-0.05, 0) is 72.6 Å². The molecule has 1 fully saturated rings. The molecule has 236 valence electrons. The molecule has 8 nitrogen and oxygen atoms in total. The maximum Gasteiger partial charge on any atom is 0.406 e. The molecule has 1 aliphatic heterocycles. The highest BCUT2D eigenvalue weighted by Gasteiger charge is 2.43. The monoisotopic (exact) mass is 621 g/mol. The molecule has 1 heterocycles. The summed E-state index contributed by atoms with van der Waals surface area (Å²) in [7, 11) is 1.32. The molecule has 3 aromatic rings. The lowest BCUT2D eigenvalue weighted by Gasteiger charge is -2.44. The van der Waals surface area contributed by atoms with Crippen LogP contribution in [-0.2, 0) is 23.3 Å². The van der Waals surface area contributed by atoms with Gasteiger partial charge in [0.05, 0.1) is 19.3 Å². The highest BCUT2D eigenvalue weighted by atomic mass is 35.5. The average molecular weight is 622 g/mol. The van der Waals surface area contributed by atoms with Crippen molar-refractivity contribution >= 4 is 23.6 Å². The molecular weight excluding hydrogens is 578 g/mol. The number of rotatable bonds is 13. The van der Waals surface area contributed by atoms with Gasteiger partial charge < -0.3 is 30.5 Å². The minimum atomic E-state index is -1.32. The Morgan fingerprint density at radius 1 is 1.07 bits per heavy atom. The third-order valence-electron chi connectivity index (χ3n) is 8.50. The number of ether oxygens (including phenoxy) is 1. The lowest BCUT2D eigenvalue weighted by atomic mass is 9.72. The van der Waals surface area contributed by atoms with E-state index in [0.29, 0.717) is 56.2 Å². The summed E-state index contributed by atoms with van der Waals surface area (Å²) >= 11 is 6.87. The molecule has 2 unspecified atom stereocenters. The number of aliphatic hydroxyl groups excluding tert-OH is 1. The summed E-state index contributed by atoms with van der Waals surface area (Å²) in [5, 5.41) is 28.2. The number of alkyl carbamates (subject to hydrolysis) is 1. The van der Waals surface area contributed by atoms with E-state index >= 15 is 0 Å². The molecule has 2 atom stereocenters. The number of benzene rings is 3. The zero-order chi connectivity index (χ0) is 31.5. The summed E-state index contributed by atoms with van der Waals surface area (Å²) in [6, 6.07) is 21.4. The maximum absolute atomic E-state index is 13.7. The van der Waals surface area contributed by atoms with E-state index in [4.69, 9.17) is 21.4 Å². The summed E-state index contributed by atoms with van der Waals surface area (Å²) in [6.45, 7) is 4.63. The molecule has 0 radical (unpaired) electrons. The van der Waals surface area contributed by atoms with Crippen LogP contribution in [0.25, 0.3) is 11.1 Å². The number of amides is 2. The Morgan fingerprint density at radius 2 is 1.84 bits per heavy atom. The van der Waals surface area contributed by atoms with Crippen LogP contribution in [0, 0.1) is 5.92 Å². The van der Waals surface area contributed by atoms with Gasteiger partial charge in [0.25, 0.3) is 5.91 Å². The fourth-order valence-corrected chi connectivity index (χ4v) is 6.40. The van der Waals surface area contributed by atoms with Crippen LogP contribution in [0.15, 0.2) is 66.7 Å². The quantitative estimate of drug-likeness (QED) is 0.187. The molecule has 3 aromatic carbocycles. The van der Waals surface area contributed by atoms with Crippen LogP contribution in [0.5, 0.6) is 0 Å². The second-order valence-corrected chi connectivity index (χ2v) is 11.8. The van der Waals surface area contributed by atoms with Gasteiger partial charge in [-0.2, -0.15) is 0 Å². The number of nitrogens with zero attached hydrogens (tertiary/aromatic N) is 1. The molecule has 0 aromatic heterocycles.